The largest absolute Gasteiger partial charge is 0.448 e. The van der Waals surface area contributed by atoms with Crippen LogP contribution in [0.5, 0.6) is 0 Å². The predicted octanol–water partition coefficient (Wildman–Crippen LogP) is 3.29. The third-order valence-corrected chi connectivity index (χ3v) is 5.61. The van der Waals surface area contributed by atoms with Gasteiger partial charge in [0.25, 0.3) is 5.91 Å². The number of hydrogen-bond acceptors (Lipinski definition) is 6. The van der Waals surface area contributed by atoms with Gasteiger partial charge in [0.05, 0.1) is 17.2 Å². The van der Waals surface area contributed by atoms with Gasteiger partial charge < -0.3 is 19.7 Å². The highest BCUT2D eigenvalue weighted by atomic mass is 19.4. The molecule has 3 aromatic rings. The molecule has 0 radical (unpaired) electrons. The number of halogens is 3. The molecule has 1 aliphatic heterocycles. The fourth-order valence-corrected chi connectivity index (χ4v) is 4.02. The van der Waals surface area contributed by atoms with Gasteiger partial charge in [-0.3, -0.25) is 4.79 Å². The van der Waals surface area contributed by atoms with Crippen LogP contribution in [0, 0.1) is 6.92 Å². The van der Waals surface area contributed by atoms with Crippen LogP contribution in [0.15, 0.2) is 59.3 Å². The minimum absolute atomic E-state index is 0.0523. The fraction of sp³-hybridized carbons (Fsp3) is 0.318. The molecule has 2 aromatic heterocycles. The van der Waals surface area contributed by atoms with Crippen LogP contribution < -0.4 is 10.2 Å². The van der Waals surface area contributed by atoms with Gasteiger partial charge in [-0.1, -0.05) is 30.3 Å². The Bertz CT molecular complexity index is 1100. The molecule has 168 valence electrons. The van der Waals surface area contributed by atoms with Crippen molar-refractivity contribution in [3.63, 3.8) is 0 Å². The second-order valence-corrected chi connectivity index (χ2v) is 7.63. The quantitative estimate of drug-likeness (QED) is 0.639. The first-order chi connectivity index (χ1) is 15.2. The molecule has 0 unspecified atom stereocenters. The van der Waals surface area contributed by atoms with E-state index in [9.17, 15) is 23.1 Å². The Morgan fingerprint density at radius 2 is 2.00 bits per heavy atom. The van der Waals surface area contributed by atoms with Gasteiger partial charge in [-0.05, 0) is 24.1 Å². The van der Waals surface area contributed by atoms with Gasteiger partial charge in [-0.15, -0.1) is 0 Å². The van der Waals surface area contributed by atoms with Gasteiger partial charge >= 0.3 is 6.18 Å². The number of aliphatic hydroxyl groups is 1. The van der Waals surface area contributed by atoms with Crippen molar-refractivity contribution in [2.75, 3.05) is 18.0 Å². The normalized spacial score (nSPS) is 21.4. The maximum Gasteiger partial charge on any atom is 0.419 e. The summed E-state index contributed by atoms with van der Waals surface area (Å²) >= 11 is 0. The Hall–Kier alpha value is -3.40. The Morgan fingerprint density at radius 1 is 1.25 bits per heavy atom. The predicted molar refractivity (Wildman–Crippen MR) is 109 cm³/mol. The van der Waals surface area contributed by atoms with Crippen LogP contribution in [0.4, 0.5) is 19.0 Å². The van der Waals surface area contributed by atoms with E-state index in [-0.39, 0.29) is 31.0 Å². The highest BCUT2D eigenvalue weighted by Crippen LogP contribution is 2.39. The maximum absolute atomic E-state index is 13.5. The summed E-state index contributed by atoms with van der Waals surface area (Å²) in [6, 6.07) is 11.0. The summed E-state index contributed by atoms with van der Waals surface area (Å²) in [5.74, 6) is -0.486. The van der Waals surface area contributed by atoms with E-state index >= 15 is 0 Å². The summed E-state index contributed by atoms with van der Waals surface area (Å²) in [7, 11) is 0. The molecule has 3 heterocycles. The van der Waals surface area contributed by atoms with Gasteiger partial charge in [-0.25, -0.2) is 9.97 Å². The van der Waals surface area contributed by atoms with Crippen LogP contribution in [0.1, 0.15) is 33.9 Å². The number of amides is 1. The number of alkyl halides is 3. The standard InChI is InChI=1S/C22H21F3N4O3/c1-14-27-17(13-32-14)20(31)28-21(15-6-3-2-4-7-15)9-11-29(12-18(21)30)19-16(22(23,24)25)8-5-10-26-19/h2-8,10,13,18,30H,9,11-12H2,1H3,(H,28,31)/t18-,21-/m1/s1. The summed E-state index contributed by atoms with van der Waals surface area (Å²) in [6.45, 7) is 1.57. The lowest BCUT2D eigenvalue weighted by Gasteiger charge is -2.46. The number of carbonyl (C=O) groups excluding carboxylic acids is 1. The number of rotatable bonds is 4. The average molecular weight is 446 g/mol. The average Bonchev–Trinajstić information content (AvgIpc) is 3.22. The molecule has 4 rings (SSSR count). The Morgan fingerprint density at radius 3 is 2.62 bits per heavy atom. The van der Waals surface area contributed by atoms with Crippen LogP contribution in [-0.2, 0) is 11.7 Å². The van der Waals surface area contributed by atoms with Crippen molar-refractivity contribution in [2.24, 2.45) is 0 Å². The number of pyridine rings is 1. The smallest absolute Gasteiger partial charge is 0.419 e. The first-order valence-corrected chi connectivity index (χ1v) is 9.96. The minimum atomic E-state index is -4.58. The monoisotopic (exact) mass is 446 g/mol. The molecule has 2 atom stereocenters. The molecule has 1 aromatic carbocycles. The fourth-order valence-electron chi connectivity index (χ4n) is 4.02. The highest BCUT2D eigenvalue weighted by Gasteiger charge is 2.47. The lowest BCUT2D eigenvalue weighted by molar-refractivity contribution is -0.137. The van der Waals surface area contributed by atoms with E-state index in [4.69, 9.17) is 4.42 Å². The molecule has 10 heteroatoms. The Labute approximate surface area is 181 Å². The van der Waals surface area contributed by atoms with Crippen molar-refractivity contribution >= 4 is 11.7 Å². The number of anilines is 1. The molecule has 1 saturated heterocycles. The van der Waals surface area contributed by atoms with E-state index in [0.717, 1.165) is 6.07 Å². The number of benzene rings is 1. The van der Waals surface area contributed by atoms with Crippen LogP contribution in [-0.4, -0.2) is 40.2 Å². The van der Waals surface area contributed by atoms with Gasteiger partial charge in [0.15, 0.2) is 11.6 Å². The lowest BCUT2D eigenvalue weighted by atomic mass is 9.78. The number of nitrogens with one attached hydrogen (secondary N) is 1. The molecule has 2 N–H and O–H groups in total. The second-order valence-electron chi connectivity index (χ2n) is 7.63. The second kappa shape index (κ2) is 8.27. The zero-order chi connectivity index (χ0) is 22.9. The van der Waals surface area contributed by atoms with Crippen molar-refractivity contribution in [3.05, 3.63) is 77.6 Å². The summed E-state index contributed by atoms with van der Waals surface area (Å²) in [6.07, 6.45) is -3.16. The maximum atomic E-state index is 13.5. The molecule has 32 heavy (non-hydrogen) atoms. The van der Waals surface area contributed by atoms with Gasteiger partial charge in [0.2, 0.25) is 0 Å². The van der Waals surface area contributed by atoms with Crippen molar-refractivity contribution in [2.45, 2.75) is 31.2 Å². The molecular formula is C22H21F3N4O3. The molecule has 7 nitrogen and oxygen atoms in total. The van der Waals surface area contributed by atoms with E-state index in [0.29, 0.717) is 11.5 Å². The lowest BCUT2D eigenvalue weighted by Crippen LogP contribution is -2.62. The number of hydrogen-bond donors (Lipinski definition) is 2. The number of piperidine rings is 1. The minimum Gasteiger partial charge on any atom is -0.448 e. The highest BCUT2D eigenvalue weighted by molar-refractivity contribution is 5.92. The first kappa shape index (κ1) is 21.8. The van der Waals surface area contributed by atoms with Crippen LogP contribution in [0.25, 0.3) is 0 Å². The van der Waals surface area contributed by atoms with Crippen molar-refractivity contribution in [1.82, 2.24) is 15.3 Å². The van der Waals surface area contributed by atoms with Crippen LogP contribution >= 0.6 is 0 Å². The SMILES string of the molecule is Cc1nc(C(=O)N[C@@]2(c3ccccc3)CCN(c3ncccc3C(F)(F)F)C[C@H]2O)co1. The van der Waals surface area contributed by atoms with E-state index in [1.807, 2.05) is 0 Å². The van der Waals surface area contributed by atoms with E-state index in [2.05, 4.69) is 15.3 Å². The van der Waals surface area contributed by atoms with Gasteiger partial charge in [-0.2, -0.15) is 13.2 Å². The number of oxazole rings is 1. The molecular weight excluding hydrogens is 425 g/mol. The number of aromatic nitrogens is 2. The molecule has 0 spiro atoms. The third kappa shape index (κ3) is 4.05. The zero-order valence-corrected chi connectivity index (χ0v) is 17.1. The summed E-state index contributed by atoms with van der Waals surface area (Å²) in [5.41, 5.74) is -1.41. The van der Waals surface area contributed by atoms with E-state index in [1.165, 1.54) is 23.4 Å². The molecule has 1 aliphatic rings. The number of aryl methyl sites for hydroxylation is 1. The van der Waals surface area contributed by atoms with Crippen molar-refractivity contribution in [1.29, 1.82) is 0 Å². The molecule has 1 amide bonds. The Kier molecular flexibility index (Phi) is 5.64. The van der Waals surface area contributed by atoms with Crippen molar-refractivity contribution < 1.29 is 27.5 Å². The van der Waals surface area contributed by atoms with Crippen LogP contribution in [0.2, 0.25) is 0 Å². The summed E-state index contributed by atoms with van der Waals surface area (Å²) < 4.78 is 45.5. The van der Waals surface area contributed by atoms with Crippen LogP contribution in [0.3, 0.4) is 0 Å². The van der Waals surface area contributed by atoms with E-state index < -0.39 is 29.3 Å². The first-order valence-electron chi connectivity index (χ1n) is 9.96. The number of β-amino-alcohol motifs (C(OH)–C–C–N with tert-alkyl or cyclic N) is 1. The van der Waals surface area contributed by atoms with E-state index in [1.54, 1.807) is 37.3 Å². The Balaban J connectivity index is 1.67. The molecule has 0 saturated carbocycles. The van der Waals surface area contributed by atoms with Crippen molar-refractivity contribution in [3.8, 4) is 0 Å². The molecule has 0 bridgehead atoms. The zero-order valence-electron chi connectivity index (χ0n) is 17.1. The summed E-state index contributed by atoms with van der Waals surface area (Å²) in [4.78, 5) is 22.2. The number of nitrogens with zero attached hydrogens (tertiary/aromatic N) is 3. The number of aliphatic hydroxyl groups excluding tert-OH is 1. The van der Waals surface area contributed by atoms with Gasteiger partial charge in [0.1, 0.15) is 12.1 Å². The molecule has 1 fully saturated rings. The van der Waals surface area contributed by atoms with Gasteiger partial charge in [0, 0.05) is 26.2 Å². The summed E-state index contributed by atoms with van der Waals surface area (Å²) in [5, 5.41) is 14.1. The molecule has 0 aliphatic carbocycles. The third-order valence-electron chi connectivity index (χ3n) is 5.61. The topological polar surface area (TPSA) is 91.5 Å². The number of carbonyl (C=O) groups is 1.